The Morgan fingerprint density at radius 3 is 2.63 bits per heavy atom. The van der Waals surface area contributed by atoms with Crippen LogP contribution in [0.2, 0.25) is 0 Å². The van der Waals surface area contributed by atoms with E-state index in [1.54, 1.807) is 11.8 Å². The maximum absolute atomic E-state index is 4.41. The maximum Gasteiger partial charge on any atom is 0.0864 e. The molecule has 1 aromatic heterocycles. The number of thioether (sulfide) groups is 1. The van der Waals surface area contributed by atoms with Crippen LogP contribution in [0.15, 0.2) is 77.0 Å². The van der Waals surface area contributed by atoms with E-state index in [9.17, 15) is 0 Å². The molecule has 1 N–H and O–H groups in total. The van der Waals surface area contributed by atoms with E-state index in [0.29, 0.717) is 0 Å². The van der Waals surface area contributed by atoms with Crippen molar-refractivity contribution in [2.75, 3.05) is 6.26 Å². The van der Waals surface area contributed by atoms with Crippen LogP contribution < -0.4 is 5.32 Å². The summed E-state index contributed by atoms with van der Waals surface area (Å²) >= 11 is 1.74. The van der Waals surface area contributed by atoms with Crippen LogP contribution in [0.5, 0.6) is 0 Å². The van der Waals surface area contributed by atoms with Gasteiger partial charge in [-0.1, -0.05) is 30.4 Å². The van der Waals surface area contributed by atoms with E-state index in [1.165, 1.54) is 10.5 Å². The van der Waals surface area contributed by atoms with Crippen molar-refractivity contribution in [2.24, 2.45) is 0 Å². The summed E-state index contributed by atoms with van der Waals surface area (Å²) in [5.41, 5.74) is 4.33. The van der Waals surface area contributed by atoms with E-state index in [4.69, 9.17) is 0 Å². The molecular weight excluding hydrogens is 252 g/mol. The van der Waals surface area contributed by atoms with Crippen molar-refractivity contribution in [2.45, 2.75) is 0 Å². The van der Waals surface area contributed by atoms with Crippen LogP contribution in [0.1, 0.15) is 5.69 Å². The lowest BCUT2D eigenvalue weighted by atomic mass is 10.1. The van der Waals surface area contributed by atoms with E-state index in [2.05, 4.69) is 53.0 Å². The second-order valence-corrected chi connectivity index (χ2v) is 5.12. The van der Waals surface area contributed by atoms with Crippen molar-refractivity contribution in [1.82, 2.24) is 10.3 Å². The van der Waals surface area contributed by atoms with E-state index < -0.39 is 0 Å². The number of hydrogen-bond donors (Lipinski definition) is 1. The molecule has 0 amide bonds. The van der Waals surface area contributed by atoms with Gasteiger partial charge < -0.3 is 5.32 Å². The van der Waals surface area contributed by atoms with Crippen LogP contribution in [0, 0.1) is 0 Å². The first-order valence-electron chi connectivity index (χ1n) is 6.11. The van der Waals surface area contributed by atoms with Crippen molar-refractivity contribution in [3.8, 4) is 0 Å². The van der Waals surface area contributed by atoms with Gasteiger partial charge in [-0.05, 0) is 36.1 Å². The predicted octanol–water partition coefficient (Wildman–Crippen LogP) is 3.65. The Labute approximate surface area is 117 Å². The quantitative estimate of drug-likeness (QED) is 0.884. The monoisotopic (exact) mass is 266 g/mol. The fraction of sp³-hybridized carbons (Fsp3) is 0.0625. The Hall–Kier alpha value is -2.00. The van der Waals surface area contributed by atoms with Gasteiger partial charge in [0, 0.05) is 16.8 Å². The topological polar surface area (TPSA) is 24.9 Å². The molecule has 2 heterocycles. The first-order chi connectivity index (χ1) is 9.36. The number of hydrogen-bond acceptors (Lipinski definition) is 3. The molecule has 1 aromatic rings. The summed E-state index contributed by atoms with van der Waals surface area (Å²) < 4.78 is 0. The highest BCUT2D eigenvalue weighted by Gasteiger charge is 2.13. The lowest BCUT2D eigenvalue weighted by Gasteiger charge is -2.18. The lowest BCUT2D eigenvalue weighted by molar-refractivity contribution is 1.07. The summed E-state index contributed by atoms with van der Waals surface area (Å²) in [6.45, 7) is 0. The number of aromatic nitrogens is 1. The van der Waals surface area contributed by atoms with Gasteiger partial charge >= 0.3 is 0 Å². The minimum atomic E-state index is 0.964. The Balaban J connectivity index is 2.02. The molecular formula is C16H14N2S. The van der Waals surface area contributed by atoms with Gasteiger partial charge in [0.05, 0.1) is 11.4 Å². The molecule has 1 aliphatic carbocycles. The molecule has 0 atom stereocenters. The summed E-state index contributed by atoms with van der Waals surface area (Å²) in [6.07, 6.45) is 16.5. The van der Waals surface area contributed by atoms with Crippen molar-refractivity contribution >= 4 is 17.5 Å². The Kier molecular flexibility index (Phi) is 3.38. The number of rotatable bonds is 2. The molecule has 0 unspecified atom stereocenters. The minimum absolute atomic E-state index is 0.964. The highest BCUT2D eigenvalue weighted by molar-refractivity contribution is 8.02. The zero-order valence-electron chi connectivity index (χ0n) is 10.6. The molecule has 2 nitrogen and oxygen atoms in total. The van der Waals surface area contributed by atoms with E-state index in [0.717, 1.165) is 17.1 Å². The van der Waals surface area contributed by atoms with Gasteiger partial charge in [0.25, 0.3) is 0 Å². The van der Waals surface area contributed by atoms with Crippen LogP contribution in [0.3, 0.4) is 0 Å². The molecule has 1 aliphatic heterocycles. The summed E-state index contributed by atoms with van der Waals surface area (Å²) in [5, 5.41) is 3.46. The fourth-order valence-electron chi connectivity index (χ4n) is 2.03. The molecule has 0 spiro atoms. The van der Waals surface area contributed by atoms with Crippen molar-refractivity contribution in [3.05, 3.63) is 82.7 Å². The zero-order chi connectivity index (χ0) is 13.1. The first kappa shape index (κ1) is 12.1. The third-order valence-electron chi connectivity index (χ3n) is 2.99. The predicted molar refractivity (Wildman–Crippen MR) is 82.3 cm³/mol. The summed E-state index contributed by atoms with van der Waals surface area (Å²) in [7, 11) is 0. The lowest BCUT2D eigenvalue weighted by Crippen LogP contribution is -2.16. The smallest absolute Gasteiger partial charge is 0.0864 e. The summed E-state index contributed by atoms with van der Waals surface area (Å²) in [4.78, 5) is 5.64. The van der Waals surface area contributed by atoms with Crippen LogP contribution >= 0.6 is 11.8 Å². The first-order valence-corrected chi connectivity index (χ1v) is 7.34. The highest BCUT2D eigenvalue weighted by atomic mass is 32.2. The number of dihydropyridines is 1. The number of nitrogens with zero attached hydrogens (tertiary/aromatic N) is 1. The van der Waals surface area contributed by atoms with Gasteiger partial charge in [-0.2, -0.15) is 0 Å². The second kappa shape index (κ2) is 5.33. The van der Waals surface area contributed by atoms with E-state index >= 15 is 0 Å². The molecule has 19 heavy (non-hydrogen) atoms. The molecule has 0 fully saturated rings. The number of allylic oxidation sites excluding steroid dienone is 7. The largest absolute Gasteiger partial charge is 0.353 e. The minimum Gasteiger partial charge on any atom is -0.353 e. The highest BCUT2D eigenvalue weighted by Crippen LogP contribution is 2.27. The maximum atomic E-state index is 4.41. The van der Waals surface area contributed by atoms with Crippen LogP contribution in [-0.2, 0) is 0 Å². The Bertz CT molecular complexity index is 620. The molecule has 0 saturated carbocycles. The third kappa shape index (κ3) is 2.56. The molecule has 0 saturated heterocycles. The Morgan fingerprint density at radius 2 is 1.95 bits per heavy atom. The average molecular weight is 266 g/mol. The molecule has 3 rings (SSSR count). The number of pyridine rings is 1. The number of nitrogens with one attached hydrogen (secondary N) is 1. The molecule has 2 aliphatic rings. The van der Waals surface area contributed by atoms with Gasteiger partial charge in [0.15, 0.2) is 0 Å². The molecule has 0 bridgehead atoms. The summed E-state index contributed by atoms with van der Waals surface area (Å²) in [5.74, 6) is 0. The normalized spacial score (nSPS) is 17.3. The molecule has 94 valence electrons. The van der Waals surface area contributed by atoms with Crippen LogP contribution in [0.4, 0.5) is 0 Å². The van der Waals surface area contributed by atoms with Crippen molar-refractivity contribution in [3.63, 3.8) is 0 Å². The fourth-order valence-corrected chi connectivity index (χ4v) is 2.50. The van der Waals surface area contributed by atoms with Gasteiger partial charge in [-0.15, -0.1) is 11.8 Å². The second-order valence-electron chi connectivity index (χ2n) is 4.24. The van der Waals surface area contributed by atoms with E-state index in [-0.39, 0.29) is 0 Å². The van der Waals surface area contributed by atoms with Crippen molar-refractivity contribution < 1.29 is 0 Å². The SMILES string of the molecule is CSC1=CC(=C2C=CC=C2)NC(c2ccccn2)=C1. The van der Waals surface area contributed by atoms with Gasteiger partial charge in [0.2, 0.25) is 0 Å². The van der Waals surface area contributed by atoms with Crippen LogP contribution in [0.25, 0.3) is 5.70 Å². The Morgan fingerprint density at radius 1 is 1.11 bits per heavy atom. The standard InChI is InChI=1S/C16H14N2S/c1-19-13-10-15(12-6-2-3-7-12)18-16(11-13)14-8-4-5-9-17-14/h2-11,18H,1H3. The van der Waals surface area contributed by atoms with Gasteiger partial charge in [-0.3, -0.25) is 4.98 Å². The average Bonchev–Trinajstić information content (AvgIpc) is 3.02. The molecule has 0 radical (unpaired) electrons. The third-order valence-corrected chi connectivity index (χ3v) is 3.70. The van der Waals surface area contributed by atoms with Crippen LogP contribution in [-0.4, -0.2) is 11.2 Å². The summed E-state index contributed by atoms with van der Waals surface area (Å²) in [6, 6.07) is 5.95. The van der Waals surface area contributed by atoms with Crippen molar-refractivity contribution in [1.29, 1.82) is 0 Å². The zero-order valence-corrected chi connectivity index (χ0v) is 11.4. The van der Waals surface area contributed by atoms with Gasteiger partial charge in [-0.25, -0.2) is 0 Å². The van der Waals surface area contributed by atoms with Gasteiger partial charge in [0.1, 0.15) is 0 Å². The molecule has 3 heteroatoms. The van der Waals surface area contributed by atoms with E-state index in [1.807, 2.05) is 24.4 Å². The molecule has 0 aromatic carbocycles.